The second kappa shape index (κ2) is 4.43. The van der Waals surface area contributed by atoms with E-state index >= 15 is 0 Å². The molecule has 0 unspecified atom stereocenters. The fourth-order valence-corrected chi connectivity index (χ4v) is 2.20. The van der Waals surface area contributed by atoms with Crippen LogP contribution in [-0.4, -0.2) is 12.4 Å². The Kier molecular flexibility index (Phi) is 2.99. The van der Waals surface area contributed by atoms with Crippen LogP contribution in [0.3, 0.4) is 0 Å². The monoisotopic (exact) mass is 217 g/mol. The maximum atomic E-state index is 10.2. The van der Waals surface area contributed by atoms with Crippen molar-refractivity contribution in [2.75, 3.05) is 11.4 Å². The molecule has 1 aromatic rings. The highest BCUT2D eigenvalue weighted by atomic mass is 16.3. The van der Waals surface area contributed by atoms with Crippen LogP contribution in [0, 0.1) is 18.8 Å². The van der Waals surface area contributed by atoms with Crippen molar-refractivity contribution in [3.8, 4) is 0 Å². The lowest BCUT2D eigenvalue weighted by molar-refractivity contribution is 0.955. The zero-order chi connectivity index (χ0) is 11.5. The molecule has 0 amide bonds. The van der Waals surface area contributed by atoms with E-state index in [1.807, 2.05) is 0 Å². The summed E-state index contributed by atoms with van der Waals surface area (Å²) >= 11 is 0. The summed E-state index contributed by atoms with van der Waals surface area (Å²) in [5.41, 5.74) is 3.55. The topological polar surface area (TPSA) is 45.0 Å². The number of benzene rings is 1. The van der Waals surface area contributed by atoms with E-state index < -0.39 is 0 Å². The predicted molar refractivity (Wildman–Crippen MR) is 65.7 cm³/mol. The van der Waals surface area contributed by atoms with E-state index in [2.05, 4.69) is 47.3 Å². The van der Waals surface area contributed by atoms with Crippen LogP contribution in [0.5, 0.6) is 0 Å². The molecule has 1 fully saturated rings. The summed E-state index contributed by atoms with van der Waals surface area (Å²) in [5, 5.41) is 6.29. The van der Waals surface area contributed by atoms with Crippen molar-refractivity contribution < 1.29 is 0 Å². The van der Waals surface area contributed by atoms with Gasteiger partial charge in [-0.2, -0.15) is 0 Å². The van der Waals surface area contributed by atoms with Gasteiger partial charge in [-0.3, -0.25) is 0 Å². The minimum Gasteiger partial charge on any atom is -0.328 e. The minimum atomic E-state index is 0.778. The normalized spacial score (nSPS) is 18.1. The van der Waals surface area contributed by atoms with Crippen LogP contribution in [0.2, 0.25) is 0 Å². The molecule has 0 aliphatic carbocycles. The Hall–Kier alpha value is -1.71. The summed E-state index contributed by atoms with van der Waals surface area (Å²) < 4.78 is 0. The van der Waals surface area contributed by atoms with Gasteiger partial charge in [-0.25, -0.2) is 0 Å². The Morgan fingerprint density at radius 1 is 1.19 bits per heavy atom. The van der Waals surface area contributed by atoms with Gasteiger partial charge < -0.3 is 4.90 Å². The number of hydrogen-bond donors (Lipinski definition) is 0. The number of rotatable bonds is 2. The molecule has 16 heavy (non-hydrogen) atoms. The minimum absolute atomic E-state index is 0.778. The standard InChI is InChI=1S/C12H15N3O/c1-9-6-10(2)8-11(7-9)15-5-3-4-12(15)13-14-16/h6-8H,3-5H2,1-2H3/b13-12+. The van der Waals surface area contributed by atoms with Crippen molar-refractivity contribution in [1.29, 1.82) is 0 Å². The van der Waals surface area contributed by atoms with Crippen molar-refractivity contribution in [3.63, 3.8) is 0 Å². The molecule has 1 heterocycles. The number of nitrogens with zero attached hydrogens (tertiary/aromatic N) is 3. The van der Waals surface area contributed by atoms with Crippen LogP contribution in [0.25, 0.3) is 0 Å². The first-order valence-corrected chi connectivity index (χ1v) is 5.46. The maximum Gasteiger partial charge on any atom is 0.135 e. The summed E-state index contributed by atoms with van der Waals surface area (Å²) in [6.07, 6.45) is 1.86. The van der Waals surface area contributed by atoms with Crippen LogP contribution in [0.15, 0.2) is 28.6 Å². The first-order valence-electron chi connectivity index (χ1n) is 5.46. The molecule has 4 nitrogen and oxygen atoms in total. The van der Waals surface area contributed by atoms with Gasteiger partial charge in [0, 0.05) is 18.7 Å². The van der Waals surface area contributed by atoms with Gasteiger partial charge in [0.1, 0.15) is 5.84 Å². The molecule has 0 radical (unpaired) electrons. The van der Waals surface area contributed by atoms with Crippen molar-refractivity contribution in [2.45, 2.75) is 26.7 Å². The molecule has 0 aromatic heterocycles. The largest absolute Gasteiger partial charge is 0.328 e. The van der Waals surface area contributed by atoms with Gasteiger partial charge in [-0.05, 0) is 43.5 Å². The fourth-order valence-electron chi connectivity index (χ4n) is 2.20. The van der Waals surface area contributed by atoms with Gasteiger partial charge in [0.25, 0.3) is 0 Å². The molecule has 0 N–H and O–H groups in total. The Morgan fingerprint density at radius 3 is 2.50 bits per heavy atom. The molecule has 0 bridgehead atoms. The molecule has 1 aliphatic heterocycles. The Morgan fingerprint density at radius 2 is 1.88 bits per heavy atom. The van der Waals surface area contributed by atoms with E-state index in [-0.39, 0.29) is 0 Å². The van der Waals surface area contributed by atoms with E-state index in [1.54, 1.807) is 0 Å². The Bertz CT molecular complexity index is 420. The third-order valence-corrected chi connectivity index (χ3v) is 2.77. The van der Waals surface area contributed by atoms with Gasteiger partial charge in [0.15, 0.2) is 0 Å². The van der Waals surface area contributed by atoms with Crippen LogP contribution in [0.4, 0.5) is 5.69 Å². The summed E-state index contributed by atoms with van der Waals surface area (Å²) in [6.45, 7) is 5.06. The first-order chi connectivity index (χ1) is 7.70. The SMILES string of the molecule is Cc1cc(C)cc(N2CCC/C2=N\N=O)c1. The van der Waals surface area contributed by atoms with Crippen molar-refractivity contribution >= 4 is 11.5 Å². The molecule has 1 saturated heterocycles. The van der Waals surface area contributed by atoms with Gasteiger partial charge in [-0.15, -0.1) is 4.91 Å². The van der Waals surface area contributed by atoms with Gasteiger partial charge in [0.05, 0.1) is 5.29 Å². The number of aryl methyl sites for hydroxylation is 2. The summed E-state index contributed by atoms with van der Waals surface area (Å²) in [7, 11) is 0. The Balaban J connectivity index is 2.36. The molecule has 0 saturated carbocycles. The molecule has 2 rings (SSSR count). The third kappa shape index (κ3) is 2.10. The van der Waals surface area contributed by atoms with Gasteiger partial charge in [0.2, 0.25) is 0 Å². The lowest BCUT2D eigenvalue weighted by Crippen LogP contribution is -2.24. The molecular weight excluding hydrogens is 202 g/mol. The molecular formula is C12H15N3O. The fraction of sp³-hybridized carbons (Fsp3) is 0.417. The van der Waals surface area contributed by atoms with Crippen LogP contribution >= 0.6 is 0 Å². The zero-order valence-electron chi connectivity index (χ0n) is 9.60. The van der Waals surface area contributed by atoms with Gasteiger partial charge >= 0.3 is 0 Å². The lowest BCUT2D eigenvalue weighted by atomic mass is 10.1. The van der Waals surface area contributed by atoms with Crippen LogP contribution in [-0.2, 0) is 0 Å². The number of hydrogen-bond acceptors (Lipinski definition) is 2. The number of amidine groups is 1. The van der Waals surface area contributed by atoms with Gasteiger partial charge in [-0.1, -0.05) is 11.2 Å². The highest BCUT2D eigenvalue weighted by molar-refractivity contribution is 5.99. The molecule has 0 atom stereocenters. The zero-order valence-corrected chi connectivity index (χ0v) is 9.60. The molecule has 1 aromatic carbocycles. The third-order valence-electron chi connectivity index (χ3n) is 2.77. The molecule has 84 valence electrons. The van der Waals surface area contributed by atoms with Crippen LogP contribution in [0.1, 0.15) is 24.0 Å². The molecule has 0 spiro atoms. The van der Waals surface area contributed by atoms with E-state index in [0.717, 1.165) is 30.9 Å². The predicted octanol–water partition coefficient (Wildman–Crippen LogP) is 2.98. The second-order valence-electron chi connectivity index (χ2n) is 4.20. The molecule has 1 aliphatic rings. The average Bonchev–Trinajstić information content (AvgIpc) is 2.65. The summed E-state index contributed by atoms with van der Waals surface area (Å²) in [5.74, 6) is 0.778. The second-order valence-corrected chi connectivity index (χ2v) is 4.20. The van der Waals surface area contributed by atoms with Crippen molar-refractivity contribution in [3.05, 3.63) is 34.2 Å². The van der Waals surface area contributed by atoms with E-state index in [9.17, 15) is 4.91 Å². The maximum absolute atomic E-state index is 10.2. The van der Waals surface area contributed by atoms with E-state index in [4.69, 9.17) is 0 Å². The summed E-state index contributed by atoms with van der Waals surface area (Å²) in [4.78, 5) is 12.3. The quantitative estimate of drug-likeness (QED) is 0.564. The highest BCUT2D eigenvalue weighted by Crippen LogP contribution is 2.24. The average molecular weight is 217 g/mol. The first kappa shape index (κ1) is 10.8. The van der Waals surface area contributed by atoms with Crippen LogP contribution < -0.4 is 4.90 Å². The Labute approximate surface area is 94.9 Å². The van der Waals surface area contributed by atoms with Crippen molar-refractivity contribution in [2.24, 2.45) is 10.4 Å². The van der Waals surface area contributed by atoms with Crippen molar-refractivity contribution in [1.82, 2.24) is 0 Å². The van der Waals surface area contributed by atoms with E-state index in [1.165, 1.54) is 11.1 Å². The number of anilines is 1. The highest BCUT2D eigenvalue weighted by Gasteiger charge is 2.20. The lowest BCUT2D eigenvalue weighted by Gasteiger charge is -2.19. The van der Waals surface area contributed by atoms with E-state index in [0.29, 0.717) is 0 Å². The smallest absolute Gasteiger partial charge is 0.135 e. The number of nitroso groups, excluding NO2 is 1. The summed E-state index contributed by atoms with van der Waals surface area (Å²) in [6, 6.07) is 6.35. The molecule has 4 heteroatoms.